The fraction of sp³-hybridized carbons (Fsp3) is 0.0370. The fourth-order valence-electron chi connectivity index (χ4n) is 4.02. The first-order chi connectivity index (χ1) is 16.4. The van der Waals surface area contributed by atoms with E-state index in [1.165, 1.54) is 0 Å². The molecule has 0 N–H and O–H groups in total. The predicted molar refractivity (Wildman–Crippen MR) is 137 cm³/mol. The maximum absolute atomic E-state index is 12.4. The van der Waals surface area contributed by atoms with Crippen molar-refractivity contribution in [3.05, 3.63) is 115 Å². The van der Waals surface area contributed by atoms with Gasteiger partial charge in [-0.25, -0.2) is 4.98 Å². The maximum Gasteiger partial charge on any atom is 0.196 e. The third-order valence-corrected chi connectivity index (χ3v) is 7.40. The number of allylic oxidation sites excluding steroid dienone is 1. The van der Waals surface area contributed by atoms with Crippen LogP contribution in [0.15, 0.2) is 71.2 Å². The number of hydrogen-bond donors (Lipinski definition) is 0. The van der Waals surface area contributed by atoms with Crippen LogP contribution in [0, 0.1) is 0 Å². The third kappa shape index (κ3) is 3.80. The lowest BCUT2D eigenvalue weighted by Crippen LogP contribution is -2.21. The highest BCUT2D eigenvalue weighted by Gasteiger charge is 2.32. The van der Waals surface area contributed by atoms with Gasteiger partial charge in [0.2, 0.25) is 0 Å². The van der Waals surface area contributed by atoms with Gasteiger partial charge in [0.15, 0.2) is 17.3 Å². The number of para-hydroxylation sites is 1. The zero-order chi connectivity index (χ0) is 24.0. The Morgan fingerprint density at radius 3 is 2.21 bits per heavy atom. The second kappa shape index (κ2) is 8.91. The highest BCUT2D eigenvalue weighted by molar-refractivity contribution is 9.10. The highest BCUT2D eigenvalue weighted by Crippen LogP contribution is 2.40. The van der Waals surface area contributed by atoms with Crippen LogP contribution in [-0.4, -0.2) is 22.3 Å². The third-order valence-electron chi connectivity index (χ3n) is 5.68. The topological polar surface area (TPSA) is 64.1 Å². The van der Waals surface area contributed by atoms with E-state index in [4.69, 9.17) is 23.2 Å². The van der Waals surface area contributed by atoms with Gasteiger partial charge >= 0.3 is 0 Å². The van der Waals surface area contributed by atoms with E-state index in [0.29, 0.717) is 22.0 Å². The number of nitrogens with zero attached hydrogens (tertiary/aromatic N) is 1. The van der Waals surface area contributed by atoms with Crippen molar-refractivity contribution < 1.29 is 14.4 Å². The lowest BCUT2D eigenvalue weighted by Gasteiger charge is -2.19. The van der Waals surface area contributed by atoms with Crippen LogP contribution in [0.3, 0.4) is 0 Å². The summed E-state index contributed by atoms with van der Waals surface area (Å²) in [4.78, 5) is 40.9. The van der Waals surface area contributed by atoms with E-state index in [-0.39, 0.29) is 38.5 Å². The van der Waals surface area contributed by atoms with Crippen molar-refractivity contribution in [3.63, 3.8) is 0 Å². The molecule has 0 saturated heterocycles. The first-order valence-electron chi connectivity index (χ1n) is 10.3. The Labute approximate surface area is 213 Å². The second-order valence-electron chi connectivity index (χ2n) is 7.76. The molecule has 0 bridgehead atoms. The summed E-state index contributed by atoms with van der Waals surface area (Å²) in [6.45, 7) is 0. The molecule has 4 aromatic rings. The van der Waals surface area contributed by atoms with Gasteiger partial charge in [0.05, 0.1) is 26.8 Å². The molecule has 0 unspecified atom stereocenters. The lowest BCUT2D eigenvalue weighted by molar-refractivity contribution is 0.0979. The summed E-state index contributed by atoms with van der Waals surface area (Å²) >= 11 is 15.4. The number of pyridine rings is 1. The zero-order valence-electron chi connectivity index (χ0n) is 17.4. The SMILES string of the molecule is O=C1CC=Cc2nc3ccccc3cc21.O=C1c2ccccc2C(=O)c2c1cc(Br)c(Cl)c2Cl. The number of carbonyl (C=O) groups is 3. The summed E-state index contributed by atoms with van der Waals surface area (Å²) in [5.74, 6) is -0.334. The number of Topliss-reactive ketones (excluding diaryl/α,β-unsaturated/α-hetero) is 1. The second-order valence-corrected chi connectivity index (χ2v) is 9.37. The van der Waals surface area contributed by atoms with Gasteiger partial charge in [-0.15, -0.1) is 0 Å². The van der Waals surface area contributed by atoms with Crippen LogP contribution in [0.5, 0.6) is 0 Å². The summed E-state index contributed by atoms with van der Waals surface area (Å²) in [6, 6.07) is 18.0. The van der Waals surface area contributed by atoms with Gasteiger partial charge in [-0.2, -0.15) is 0 Å². The van der Waals surface area contributed by atoms with Gasteiger partial charge in [0, 0.05) is 38.5 Å². The Morgan fingerprint density at radius 1 is 0.765 bits per heavy atom. The average Bonchev–Trinajstić information content (AvgIpc) is 2.85. The summed E-state index contributed by atoms with van der Waals surface area (Å²) in [7, 11) is 0. The minimum Gasteiger partial charge on any atom is -0.294 e. The molecule has 166 valence electrons. The van der Waals surface area contributed by atoms with Gasteiger partial charge in [-0.3, -0.25) is 14.4 Å². The highest BCUT2D eigenvalue weighted by atomic mass is 79.9. The van der Waals surface area contributed by atoms with Crippen molar-refractivity contribution in [2.75, 3.05) is 0 Å². The largest absolute Gasteiger partial charge is 0.294 e. The number of fused-ring (bicyclic) bond motifs is 4. The molecule has 1 heterocycles. The lowest BCUT2D eigenvalue weighted by atomic mass is 9.84. The van der Waals surface area contributed by atoms with Crippen molar-refractivity contribution in [2.45, 2.75) is 6.42 Å². The molecular weight excluding hydrogens is 537 g/mol. The molecule has 7 heteroatoms. The average molecular weight is 551 g/mol. The number of rotatable bonds is 0. The smallest absolute Gasteiger partial charge is 0.196 e. The predicted octanol–water partition coefficient (Wildman–Crippen LogP) is 7.37. The van der Waals surface area contributed by atoms with E-state index in [2.05, 4.69) is 20.9 Å². The quantitative estimate of drug-likeness (QED) is 0.189. The van der Waals surface area contributed by atoms with E-state index >= 15 is 0 Å². The molecule has 0 saturated carbocycles. The summed E-state index contributed by atoms with van der Waals surface area (Å²) in [5.41, 5.74) is 3.70. The van der Waals surface area contributed by atoms with Gasteiger partial charge in [-0.05, 0) is 40.2 Å². The van der Waals surface area contributed by atoms with Crippen LogP contribution in [0.2, 0.25) is 10.0 Å². The Morgan fingerprint density at radius 2 is 1.44 bits per heavy atom. The fourth-order valence-corrected chi connectivity index (χ4v) is 5.00. The molecule has 6 rings (SSSR count). The number of carbonyl (C=O) groups excluding carboxylic acids is 3. The molecule has 2 aliphatic rings. The van der Waals surface area contributed by atoms with Crippen LogP contribution in [-0.2, 0) is 0 Å². The first kappa shape index (κ1) is 22.7. The van der Waals surface area contributed by atoms with Crippen molar-refractivity contribution in [2.24, 2.45) is 0 Å². The van der Waals surface area contributed by atoms with Gasteiger partial charge in [0.25, 0.3) is 0 Å². The van der Waals surface area contributed by atoms with E-state index in [0.717, 1.165) is 22.2 Å². The molecule has 0 aliphatic heterocycles. The Balaban J connectivity index is 0.000000145. The normalized spacial score (nSPS) is 13.7. The number of hydrogen-bond acceptors (Lipinski definition) is 4. The molecule has 0 atom stereocenters. The number of aromatic nitrogens is 1. The van der Waals surface area contributed by atoms with Gasteiger partial charge < -0.3 is 0 Å². The van der Waals surface area contributed by atoms with E-state index in [9.17, 15) is 14.4 Å². The number of benzene rings is 3. The van der Waals surface area contributed by atoms with Crippen molar-refractivity contribution in [1.82, 2.24) is 4.98 Å². The minimum atomic E-state index is -0.274. The Bertz CT molecular complexity index is 1580. The monoisotopic (exact) mass is 549 g/mol. The maximum atomic E-state index is 12.4. The molecule has 0 amide bonds. The summed E-state index contributed by atoms with van der Waals surface area (Å²) in [5, 5.41) is 1.37. The molecule has 2 aliphatic carbocycles. The standard InChI is InChI=1S/C14H5BrCl2O2.C13H9NO/c15-9-5-8-10(12(17)11(9)16)14(19)7-4-2-1-3-6(7)13(8)18;15-13-7-3-6-12-10(13)8-9-4-1-2-5-11(9)14-12/h1-5H;1-6,8H,7H2. The van der Waals surface area contributed by atoms with Crippen LogP contribution < -0.4 is 0 Å². The Hall–Kier alpha value is -3.12. The molecule has 3 aromatic carbocycles. The number of ketones is 3. The van der Waals surface area contributed by atoms with E-state index < -0.39 is 0 Å². The molecular formula is C27H14BrCl2NO3. The van der Waals surface area contributed by atoms with E-state index in [1.807, 2.05) is 42.5 Å². The number of halogens is 3. The zero-order valence-corrected chi connectivity index (χ0v) is 20.5. The molecule has 0 fully saturated rings. The minimum absolute atomic E-state index is 0.110. The van der Waals surface area contributed by atoms with Crippen molar-refractivity contribution in [1.29, 1.82) is 0 Å². The molecule has 34 heavy (non-hydrogen) atoms. The van der Waals surface area contributed by atoms with Crippen LogP contribution in [0.4, 0.5) is 0 Å². The van der Waals surface area contributed by atoms with Crippen molar-refractivity contribution >= 4 is 73.5 Å². The van der Waals surface area contributed by atoms with Crippen molar-refractivity contribution in [3.8, 4) is 0 Å². The Kier molecular flexibility index (Phi) is 5.94. The van der Waals surface area contributed by atoms with Gasteiger partial charge in [0.1, 0.15) is 0 Å². The first-order valence-corrected chi connectivity index (χ1v) is 11.9. The summed E-state index contributed by atoms with van der Waals surface area (Å²) in [6.07, 6.45) is 4.28. The van der Waals surface area contributed by atoms with E-state index in [1.54, 1.807) is 30.3 Å². The van der Waals surface area contributed by atoms with Crippen LogP contribution in [0.1, 0.15) is 54.3 Å². The molecule has 0 radical (unpaired) electrons. The van der Waals surface area contributed by atoms with Crippen LogP contribution >= 0.6 is 39.1 Å². The molecule has 4 nitrogen and oxygen atoms in total. The van der Waals surface area contributed by atoms with Crippen LogP contribution in [0.25, 0.3) is 17.0 Å². The molecule has 1 aromatic heterocycles. The van der Waals surface area contributed by atoms with Gasteiger partial charge in [-0.1, -0.05) is 71.7 Å². The summed E-state index contributed by atoms with van der Waals surface area (Å²) < 4.78 is 0.499. The molecule has 0 spiro atoms.